The molecule has 4 saturated carbocycles. The van der Waals surface area contributed by atoms with Gasteiger partial charge in [-0.2, -0.15) is 0 Å². The number of hydrogen-bond acceptors (Lipinski definition) is 4. The maximum absolute atomic E-state index is 11.7. The molecule has 0 amide bonds. The second-order valence-corrected chi connectivity index (χ2v) is 28.5. The summed E-state index contributed by atoms with van der Waals surface area (Å²) in [4.78, 5) is 11.7. The fraction of sp³-hybridized carbons (Fsp3) is 0.780. The molecule has 0 aromatic rings. The third kappa shape index (κ3) is 8.94. The van der Waals surface area contributed by atoms with Gasteiger partial charge in [-0.1, -0.05) is 85.8 Å². The quantitative estimate of drug-likeness (QED) is 0.131. The van der Waals surface area contributed by atoms with Crippen LogP contribution in [0.25, 0.3) is 0 Å². The van der Waals surface area contributed by atoms with Gasteiger partial charge < -0.3 is 13.6 Å². The molecule has 47 heavy (non-hydrogen) atoms. The van der Waals surface area contributed by atoms with Crippen LogP contribution < -0.4 is 0 Å². The van der Waals surface area contributed by atoms with Crippen molar-refractivity contribution in [3.63, 3.8) is 0 Å². The second kappa shape index (κ2) is 14.2. The molecule has 0 aromatic heterocycles. The van der Waals surface area contributed by atoms with E-state index in [0.717, 1.165) is 12.8 Å². The maximum Gasteiger partial charge on any atom is 0.303 e. The Kier molecular flexibility index (Phi) is 11.6. The zero-order chi connectivity index (χ0) is 35.2. The number of esters is 1. The summed E-state index contributed by atoms with van der Waals surface area (Å²) in [6.07, 6.45) is 20.0. The molecule has 266 valence electrons. The van der Waals surface area contributed by atoms with E-state index in [4.69, 9.17) is 13.6 Å². The summed E-state index contributed by atoms with van der Waals surface area (Å²) in [7, 11) is -3.93. The normalized spacial score (nSPS) is 32.6. The largest absolute Gasteiger partial charge is 0.458 e. The van der Waals surface area contributed by atoms with Crippen molar-refractivity contribution in [1.29, 1.82) is 0 Å². The molecule has 0 aromatic carbocycles. The molecule has 6 unspecified atom stereocenters. The van der Waals surface area contributed by atoms with Crippen LogP contribution in [0.2, 0.25) is 36.3 Å². The van der Waals surface area contributed by atoms with E-state index in [2.05, 4.69) is 112 Å². The number of hydrogen-bond donors (Lipinski definition) is 0. The summed E-state index contributed by atoms with van der Waals surface area (Å²) < 4.78 is 19.9. The van der Waals surface area contributed by atoms with Gasteiger partial charge in [0.25, 0.3) is 0 Å². The molecule has 0 saturated heterocycles. The Hall–Kier alpha value is -1.22. The summed E-state index contributed by atoms with van der Waals surface area (Å²) >= 11 is 0. The molecular weight excluding hydrogens is 613 g/mol. The fourth-order valence-electron chi connectivity index (χ4n) is 8.24. The zero-order valence-corrected chi connectivity index (χ0v) is 34.6. The van der Waals surface area contributed by atoms with Crippen molar-refractivity contribution in [2.45, 2.75) is 175 Å². The standard InChI is InChI=1S/C41H70O4Si2/c1-28(17-24-37(32-19-20-32)43-30(3)42)35-22-23-36-31(16-15-25-41(35,36)10)18-21-33-26-34(44-46(11,12)39(4,5)6)27-38(29(33)2)45-47(13,14)40(7,8)9/h17-18,21,24,28,32,34-38H,2,15-16,19-20,22-23,25-27H2,1,3-14H3/t28?,34?,35?,36?,37?,38?,41-/m1/s1. The van der Waals surface area contributed by atoms with E-state index in [1.165, 1.54) is 63.0 Å². The molecular formula is C41H70O4Si2. The van der Waals surface area contributed by atoms with Crippen molar-refractivity contribution < 1.29 is 18.4 Å². The number of allylic oxidation sites excluding steroid dienone is 4. The van der Waals surface area contributed by atoms with Crippen LogP contribution in [0.15, 0.2) is 47.6 Å². The highest BCUT2D eigenvalue weighted by atomic mass is 28.4. The molecule has 0 bridgehead atoms. The van der Waals surface area contributed by atoms with Crippen molar-refractivity contribution in [2.75, 3.05) is 0 Å². The first-order chi connectivity index (χ1) is 21.6. The van der Waals surface area contributed by atoms with Gasteiger partial charge in [-0.05, 0) is 134 Å². The highest BCUT2D eigenvalue weighted by molar-refractivity contribution is 6.74. The first kappa shape index (κ1) is 38.6. The van der Waals surface area contributed by atoms with Crippen LogP contribution in [-0.2, 0) is 18.4 Å². The first-order valence-corrected chi connectivity index (χ1v) is 24.7. The van der Waals surface area contributed by atoms with Gasteiger partial charge in [0.15, 0.2) is 16.6 Å². The van der Waals surface area contributed by atoms with E-state index in [-0.39, 0.29) is 34.4 Å². The molecule has 0 radical (unpaired) electrons. The molecule has 4 nitrogen and oxygen atoms in total. The topological polar surface area (TPSA) is 44.8 Å². The molecule has 4 rings (SSSR count). The highest BCUT2D eigenvalue weighted by Gasteiger charge is 2.50. The Morgan fingerprint density at radius 1 is 0.936 bits per heavy atom. The van der Waals surface area contributed by atoms with Crippen molar-refractivity contribution in [3.05, 3.63) is 47.6 Å². The minimum atomic E-state index is -1.99. The SMILES string of the molecule is C=C1C(=CC=C2CCC[C@@]3(C)C2CCC3C(C)C=CC(OC(C)=O)C2CC2)CC(O[Si](C)(C)C(C)(C)C)CC1O[Si](C)(C)C(C)(C)C. The third-order valence-corrected chi connectivity index (χ3v) is 22.4. The lowest BCUT2D eigenvalue weighted by atomic mass is 9.61. The molecule has 0 spiro atoms. The van der Waals surface area contributed by atoms with Crippen LogP contribution in [-0.4, -0.2) is 40.9 Å². The number of rotatable bonds is 10. The highest BCUT2D eigenvalue weighted by Crippen LogP contribution is 2.59. The lowest BCUT2D eigenvalue weighted by molar-refractivity contribution is -0.145. The number of fused-ring (bicyclic) bond motifs is 1. The molecule has 0 N–H and O–H groups in total. The Morgan fingerprint density at radius 2 is 1.55 bits per heavy atom. The Labute approximate surface area is 291 Å². The average Bonchev–Trinajstić information content (AvgIpc) is 3.71. The summed E-state index contributed by atoms with van der Waals surface area (Å²) in [6.45, 7) is 34.6. The molecule has 0 aliphatic heterocycles. The van der Waals surface area contributed by atoms with Crippen LogP contribution in [0, 0.1) is 29.1 Å². The van der Waals surface area contributed by atoms with Gasteiger partial charge in [0.1, 0.15) is 6.10 Å². The molecule has 4 aliphatic carbocycles. The van der Waals surface area contributed by atoms with E-state index < -0.39 is 16.6 Å². The fourth-order valence-corrected chi connectivity index (χ4v) is 10.9. The monoisotopic (exact) mass is 682 g/mol. The lowest BCUT2D eigenvalue weighted by Gasteiger charge is -2.45. The van der Waals surface area contributed by atoms with Crippen molar-refractivity contribution in [3.8, 4) is 0 Å². The van der Waals surface area contributed by atoms with Gasteiger partial charge in [0, 0.05) is 13.3 Å². The van der Waals surface area contributed by atoms with Crippen LogP contribution in [0.1, 0.15) is 120 Å². The van der Waals surface area contributed by atoms with Gasteiger partial charge >= 0.3 is 5.97 Å². The van der Waals surface area contributed by atoms with Gasteiger partial charge in [-0.3, -0.25) is 4.79 Å². The van der Waals surface area contributed by atoms with Crippen LogP contribution in [0.3, 0.4) is 0 Å². The maximum atomic E-state index is 11.7. The Balaban J connectivity index is 1.56. The summed E-state index contributed by atoms with van der Waals surface area (Å²) in [5, 5.41) is 0.309. The summed E-state index contributed by atoms with van der Waals surface area (Å²) in [5.74, 6) is 2.09. The van der Waals surface area contributed by atoms with Crippen molar-refractivity contribution in [1.82, 2.24) is 0 Å². The van der Waals surface area contributed by atoms with E-state index in [1.54, 1.807) is 5.57 Å². The molecule has 6 heteroatoms. The minimum absolute atomic E-state index is 0.00984. The molecule has 0 heterocycles. The smallest absolute Gasteiger partial charge is 0.303 e. The Morgan fingerprint density at radius 3 is 2.13 bits per heavy atom. The van der Waals surface area contributed by atoms with Gasteiger partial charge in [-0.25, -0.2) is 0 Å². The minimum Gasteiger partial charge on any atom is -0.458 e. The summed E-state index contributed by atoms with van der Waals surface area (Å²) in [5.41, 5.74) is 4.42. The lowest BCUT2D eigenvalue weighted by Crippen LogP contribution is -2.49. The predicted octanol–water partition coefficient (Wildman–Crippen LogP) is 11.7. The van der Waals surface area contributed by atoms with E-state index in [1.807, 2.05) is 0 Å². The van der Waals surface area contributed by atoms with E-state index in [0.29, 0.717) is 29.1 Å². The van der Waals surface area contributed by atoms with Gasteiger partial charge in [0.2, 0.25) is 0 Å². The van der Waals surface area contributed by atoms with Gasteiger partial charge in [0.05, 0.1) is 12.2 Å². The van der Waals surface area contributed by atoms with E-state index in [9.17, 15) is 4.79 Å². The molecule has 4 fully saturated rings. The van der Waals surface area contributed by atoms with Crippen LogP contribution in [0.5, 0.6) is 0 Å². The van der Waals surface area contributed by atoms with Crippen molar-refractivity contribution >= 4 is 22.6 Å². The van der Waals surface area contributed by atoms with Crippen molar-refractivity contribution in [2.24, 2.45) is 29.1 Å². The number of carbonyl (C=O) groups excluding carboxylic acids is 1. The number of ether oxygens (including phenoxy) is 1. The van der Waals surface area contributed by atoms with Crippen LogP contribution in [0.4, 0.5) is 0 Å². The number of carbonyl (C=O) groups is 1. The third-order valence-electron chi connectivity index (χ3n) is 13.4. The van der Waals surface area contributed by atoms with Crippen LogP contribution >= 0.6 is 0 Å². The predicted molar refractivity (Wildman–Crippen MR) is 203 cm³/mol. The first-order valence-electron chi connectivity index (χ1n) is 18.9. The van der Waals surface area contributed by atoms with E-state index >= 15 is 0 Å². The second-order valence-electron chi connectivity index (χ2n) is 19.0. The summed E-state index contributed by atoms with van der Waals surface area (Å²) in [6, 6.07) is 0. The zero-order valence-electron chi connectivity index (χ0n) is 32.6. The molecule has 7 atom stereocenters. The van der Waals surface area contributed by atoms with Gasteiger partial charge in [-0.15, -0.1) is 0 Å². The molecule has 4 aliphatic rings. The average molecular weight is 683 g/mol. The Bertz CT molecular complexity index is 1240.